The predicted molar refractivity (Wildman–Crippen MR) is 86.5 cm³/mol. The van der Waals surface area contributed by atoms with Crippen LogP contribution in [0.25, 0.3) is 0 Å². The Bertz CT molecular complexity index is 587. The van der Waals surface area contributed by atoms with E-state index in [2.05, 4.69) is 31.1 Å². The molecule has 0 radical (unpaired) electrons. The van der Waals surface area contributed by atoms with E-state index in [1.165, 1.54) is 6.26 Å². The third-order valence-electron chi connectivity index (χ3n) is 2.36. The molecule has 0 heterocycles. The van der Waals surface area contributed by atoms with E-state index in [4.69, 9.17) is 4.74 Å². The Kier molecular flexibility index (Phi) is 5.84. The van der Waals surface area contributed by atoms with Gasteiger partial charge in [0.25, 0.3) is 0 Å². The van der Waals surface area contributed by atoms with Crippen LogP contribution in [0.15, 0.2) is 24.3 Å². The second-order valence-corrected chi connectivity index (χ2v) is 12.9. The van der Waals surface area contributed by atoms with Gasteiger partial charge in [0.15, 0.2) is 0 Å². The lowest BCUT2D eigenvalue weighted by Gasteiger charge is -2.06. The fourth-order valence-corrected chi connectivity index (χ4v) is 2.57. The van der Waals surface area contributed by atoms with Gasteiger partial charge in [0.2, 0.25) is 0 Å². The first-order valence-corrected chi connectivity index (χ1v) is 12.2. The third kappa shape index (κ3) is 8.03. The summed E-state index contributed by atoms with van der Waals surface area (Å²) in [5.74, 6) is 4.08. The van der Waals surface area contributed by atoms with Gasteiger partial charge in [0, 0.05) is 11.8 Å². The van der Waals surface area contributed by atoms with Gasteiger partial charge in [-0.1, -0.05) is 25.6 Å². The third-order valence-corrected chi connectivity index (χ3v) is 4.27. The zero-order chi connectivity index (χ0) is 15.2. The molecule has 0 saturated carbocycles. The molecule has 20 heavy (non-hydrogen) atoms. The summed E-state index contributed by atoms with van der Waals surface area (Å²) in [7, 11) is -4.25. The van der Waals surface area contributed by atoms with Gasteiger partial charge in [-0.15, -0.1) is 5.54 Å². The number of benzene rings is 1. The van der Waals surface area contributed by atoms with E-state index in [1.807, 2.05) is 24.3 Å². The van der Waals surface area contributed by atoms with Crippen LogP contribution in [0, 0.1) is 11.5 Å². The van der Waals surface area contributed by atoms with Gasteiger partial charge in [0.1, 0.15) is 23.7 Å². The van der Waals surface area contributed by atoms with Crippen molar-refractivity contribution in [3.8, 4) is 17.2 Å². The van der Waals surface area contributed by atoms with Crippen LogP contribution in [0.4, 0.5) is 0 Å². The molecule has 0 spiro atoms. The van der Waals surface area contributed by atoms with E-state index in [0.29, 0.717) is 13.0 Å². The Hall–Kier alpha value is -1.25. The Morgan fingerprint density at radius 3 is 2.25 bits per heavy atom. The molecule has 1 aromatic rings. The van der Waals surface area contributed by atoms with Crippen LogP contribution in [0.1, 0.15) is 12.0 Å². The van der Waals surface area contributed by atoms with Gasteiger partial charge in [-0.2, -0.15) is 0 Å². The summed E-state index contributed by atoms with van der Waals surface area (Å²) in [6, 6.07) is 7.60. The number of ether oxygens (including phenoxy) is 1. The van der Waals surface area contributed by atoms with E-state index in [1.54, 1.807) is 0 Å². The van der Waals surface area contributed by atoms with Gasteiger partial charge in [-0.25, -0.2) is 8.42 Å². The Balaban J connectivity index is 2.48. The molecule has 1 rings (SSSR count). The molecule has 0 aromatic heterocycles. The zero-order valence-corrected chi connectivity index (χ0v) is 14.4. The molecule has 0 aliphatic heterocycles. The molecule has 0 unspecified atom stereocenters. The second-order valence-electron chi connectivity index (χ2n) is 5.86. The molecule has 0 N–H and O–H groups in total. The smallest absolute Gasteiger partial charge is 0.147 e. The standard InChI is InChI=1S/C15H22O3SSi/c1-19(16,17)12-5-11-18-15-8-6-14(7-9-15)10-13-20(2,3)4/h6-9H,5,11-12H2,1-4H3. The monoisotopic (exact) mass is 310 g/mol. The molecule has 1 aromatic carbocycles. The van der Waals surface area contributed by atoms with E-state index in [-0.39, 0.29) is 5.75 Å². The molecule has 110 valence electrons. The largest absolute Gasteiger partial charge is 0.494 e. The van der Waals surface area contributed by atoms with Crippen LogP contribution in [0.3, 0.4) is 0 Å². The number of hydrogen-bond acceptors (Lipinski definition) is 3. The minimum Gasteiger partial charge on any atom is -0.494 e. The van der Waals surface area contributed by atoms with Crippen molar-refractivity contribution in [1.29, 1.82) is 0 Å². The van der Waals surface area contributed by atoms with Crippen LogP contribution in [-0.2, 0) is 9.84 Å². The topological polar surface area (TPSA) is 43.4 Å². The molecule has 0 aliphatic rings. The second kappa shape index (κ2) is 6.96. The van der Waals surface area contributed by atoms with Crippen molar-refractivity contribution in [3.05, 3.63) is 29.8 Å². The van der Waals surface area contributed by atoms with E-state index in [9.17, 15) is 8.42 Å². The van der Waals surface area contributed by atoms with Crippen LogP contribution in [-0.4, -0.2) is 35.1 Å². The van der Waals surface area contributed by atoms with Gasteiger partial charge >= 0.3 is 0 Å². The fourth-order valence-electron chi connectivity index (χ4n) is 1.41. The quantitative estimate of drug-likeness (QED) is 0.477. The average molecular weight is 310 g/mol. The highest BCUT2D eigenvalue weighted by molar-refractivity contribution is 7.90. The highest BCUT2D eigenvalue weighted by atomic mass is 32.2. The maximum Gasteiger partial charge on any atom is 0.147 e. The minimum absolute atomic E-state index is 0.159. The van der Waals surface area contributed by atoms with Crippen LogP contribution >= 0.6 is 0 Å². The van der Waals surface area contributed by atoms with Gasteiger partial charge < -0.3 is 4.74 Å². The normalized spacial score (nSPS) is 11.6. The van der Waals surface area contributed by atoms with Crippen molar-refractivity contribution in [2.45, 2.75) is 26.1 Å². The summed E-state index contributed by atoms with van der Waals surface area (Å²) >= 11 is 0. The van der Waals surface area contributed by atoms with Crippen molar-refractivity contribution in [2.24, 2.45) is 0 Å². The molecule has 0 bridgehead atoms. The zero-order valence-electron chi connectivity index (χ0n) is 12.6. The van der Waals surface area contributed by atoms with Crippen molar-refractivity contribution in [2.75, 3.05) is 18.6 Å². The van der Waals surface area contributed by atoms with E-state index in [0.717, 1.165) is 11.3 Å². The molecule has 0 saturated heterocycles. The molecule has 3 nitrogen and oxygen atoms in total. The average Bonchev–Trinajstić information content (AvgIpc) is 2.31. The van der Waals surface area contributed by atoms with Crippen LogP contribution in [0.5, 0.6) is 5.75 Å². The molecule has 0 fully saturated rings. The highest BCUT2D eigenvalue weighted by Gasteiger charge is 2.07. The molecular weight excluding hydrogens is 288 g/mol. The van der Waals surface area contributed by atoms with Crippen molar-refractivity contribution < 1.29 is 13.2 Å². The summed E-state index contributed by atoms with van der Waals surface area (Å²) in [4.78, 5) is 0. The van der Waals surface area contributed by atoms with Crippen LogP contribution in [0.2, 0.25) is 19.6 Å². The van der Waals surface area contributed by atoms with E-state index >= 15 is 0 Å². The Morgan fingerprint density at radius 2 is 1.75 bits per heavy atom. The fraction of sp³-hybridized carbons (Fsp3) is 0.467. The lowest BCUT2D eigenvalue weighted by atomic mass is 10.2. The molecule has 0 aliphatic carbocycles. The number of rotatable bonds is 5. The van der Waals surface area contributed by atoms with E-state index < -0.39 is 17.9 Å². The highest BCUT2D eigenvalue weighted by Crippen LogP contribution is 2.12. The molecule has 5 heteroatoms. The first-order chi connectivity index (χ1) is 9.16. The van der Waals surface area contributed by atoms with Gasteiger partial charge in [0.05, 0.1) is 12.4 Å². The lowest BCUT2D eigenvalue weighted by Crippen LogP contribution is -2.16. The molecular formula is C15H22O3SSi. The van der Waals surface area contributed by atoms with Crippen molar-refractivity contribution in [1.82, 2.24) is 0 Å². The van der Waals surface area contributed by atoms with Gasteiger partial charge in [-0.05, 0) is 30.7 Å². The summed E-state index contributed by atoms with van der Waals surface area (Å²) in [5.41, 5.74) is 4.29. The summed E-state index contributed by atoms with van der Waals surface area (Å²) in [5, 5.41) is 0. The van der Waals surface area contributed by atoms with Crippen LogP contribution < -0.4 is 4.74 Å². The molecule has 0 atom stereocenters. The summed E-state index contributed by atoms with van der Waals surface area (Å²) in [6.07, 6.45) is 1.75. The van der Waals surface area contributed by atoms with Crippen molar-refractivity contribution >= 4 is 17.9 Å². The summed E-state index contributed by atoms with van der Waals surface area (Å²) < 4.78 is 27.4. The number of sulfone groups is 1. The minimum atomic E-state index is -2.90. The first-order valence-electron chi connectivity index (χ1n) is 6.59. The maximum atomic E-state index is 11.0. The Morgan fingerprint density at radius 1 is 1.15 bits per heavy atom. The lowest BCUT2D eigenvalue weighted by molar-refractivity contribution is 0.317. The SMILES string of the molecule is C[Si](C)(C)C#Cc1ccc(OCCCS(C)(=O)=O)cc1. The predicted octanol–water partition coefficient (Wildman–Crippen LogP) is 2.73. The molecule has 0 amide bonds. The first kappa shape index (κ1) is 16.8. The summed E-state index contributed by atoms with van der Waals surface area (Å²) in [6.45, 7) is 7.03. The van der Waals surface area contributed by atoms with Gasteiger partial charge in [-0.3, -0.25) is 0 Å². The van der Waals surface area contributed by atoms with Crippen molar-refractivity contribution in [3.63, 3.8) is 0 Å². The number of hydrogen-bond donors (Lipinski definition) is 0. The Labute approximate surface area is 123 Å². The maximum absolute atomic E-state index is 11.0.